The molecule has 4 rings (SSSR count). The Labute approximate surface area is 185 Å². The van der Waals surface area contributed by atoms with Crippen LogP contribution < -0.4 is 14.8 Å². The molecule has 1 N–H and O–H groups in total. The van der Waals surface area contributed by atoms with E-state index in [2.05, 4.69) is 19.7 Å². The van der Waals surface area contributed by atoms with E-state index in [1.54, 1.807) is 37.4 Å². The normalized spacial score (nSPS) is 10.8. The van der Waals surface area contributed by atoms with Crippen molar-refractivity contribution < 1.29 is 18.7 Å². The molecule has 0 fully saturated rings. The van der Waals surface area contributed by atoms with Crippen molar-refractivity contribution in [3.05, 3.63) is 54.6 Å². The van der Waals surface area contributed by atoms with Crippen molar-refractivity contribution in [2.45, 2.75) is 5.03 Å². The van der Waals surface area contributed by atoms with Gasteiger partial charge in [-0.2, -0.15) is 4.37 Å². The maximum absolute atomic E-state index is 13.2. The zero-order valence-electron chi connectivity index (χ0n) is 16.6. The van der Waals surface area contributed by atoms with Crippen molar-refractivity contribution in [1.29, 1.82) is 0 Å². The molecule has 2 aromatic heterocycles. The molecule has 7 nitrogen and oxygen atoms in total. The highest BCUT2D eigenvalue weighted by Crippen LogP contribution is 2.34. The maximum Gasteiger partial charge on any atom is 0.234 e. The van der Waals surface area contributed by atoms with Gasteiger partial charge < -0.3 is 14.8 Å². The molecule has 0 spiro atoms. The van der Waals surface area contributed by atoms with Crippen molar-refractivity contribution in [2.75, 3.05) is 25.3 Å². The first-order valence-corrected chi connectivity index (χ1v) is 10.9. The molecule has 158 valence electrons. The quantitative estimate of drug-likeness (QED) is 0.320. The molecule has 2 aromatic carbocycles. The van der Waals surface area contributed by atoms with E-state index in [-0.39, 0.29) is 17.5 Å². The van der Waals surface area contributed by atoms with Crippen LogP contribution in [0.15, 0.2) is 53.8 Å². The highest BCUT2D eigenvalue weighted by molar-refractivity contribution is 8.00. The van der Waals surface area contributed by atoms with Crippen molar-refractivity contribution in [3.63, 3.8) is 0 Å². The van der Waals surface area contributed by atoms with E-state index in [0.717, 1.165) is 10.3 Å². The molecular formula is C21H17FN4O3S2. The standard InChI is InChI=1S/C21H17FN4O3S2/c1-28-15-8-7-14(9-16(15)29-2)25-17(27)10-30-21-20-19(23-11-24-21)18(26-31-20)12-3-5-13(22)6-4-12/h3-9,11H,10H2,1-2H3,(H,25,27). The summed E-state index contributed by atoms with van der Waals surface area (Å²) in [5.41, 5.74) is 2.72. The van der Waals surface area contributed by atoms with Crippen LogP contribution in [-0.4, -0.2) is 40.2 Å². The summed E-state index contributed by atoms with van der Waals surface area (Å²) in [6.07, 6.45) is 1.44. The van der Waals surface area contributed by atoms with Gasteiger partial charge in [-0.05, 0) is 47.9 Å². The third kappa shape index (κ3) is 4.59. The van der Waals surface area contributed by atoms with Crippen molar-refractivity contribution in [1.82, 2.24) is 14.3 Å². The van der Waals surface area contributed by atoms with E-state index in [1.165, 1.54) is 48.9 Å². The lowest BCUT2D eigenvalue weighted by molar-refractivity contribution is -0.113. The number of methoxy groups -OCH3 is 2. The van der Waals surface area contributed by atoms with E-state index in [4.69, 9.17) is 9.47 Å². The summed E-state index contributed by atoms with van der Waals surface area (Å²) >= 11 is 2.55. The van der Waals surface area contributed by atoms with E-state index in [1.807, 2.05) is 0 Å². The lowest BCUT2D eigenvalue weighted by Gasteiger charge is -2.10. The van der Waals surface area contributed by atoms with Gasteiger partial charge in [-0.15, -0.1) is 0 Å². The Balaban J connectivity index is 1.48. The fraction of sp³-hybridized carbons (Fsp3) is 0.143. The van der Waals surface area contributed by atoms with Crippen molar-refractivity contribution in [3.8, 4) is 22.8 Å². The lowest BCUT2D eigenvalue weighted by atomic mass is 10.1. The predicted octanol–water partition coefficient (Wildman–Crippen LogP) is 4.64. The molecule has 0 atom stereocenters. The highest BCUT2D eigenvalue weighted by Gasteiger charge is 2.16. The number of rotatable bonds is 7. The SMILES string of the molecule is COc1ccc(NC(=O)CSc2ncnc3c(-c4ccc(F)cc4)nsc23)cc1OC. The second-order valence-electron chi connectivity index (χ2n) is 6.30. The summed E-state index contributed by atoms with van der Waals surface area (Å²) in [5.74, 6) is 0.773. The number of aromatic nitrogens is 3. The summed E-state index contributed by atoms with van der Waals surface area (Å²) < 4.78 is 28.9. The van der Waals surface area contributed by atoms with Crippen molar-refractivity contribution in [2.24, 2.45) is 0 Å². The third-order valence-electron chi connectivity index (χ3n) is 4.35. The first-order valence-electron chi connectivity index (χ1n) is 9.10. The first-order chi connectivity index (χ1) is 15.1. The highest BCUT2D eigenvalue weighted by atomic mass is 32.2. The number of carbonyl (C=O) groups excluding carboxylic acids is 1. The Hall–Kier alpha value is -3.24. The van der Waals surface area contributed by atoms with Gasteiger partial charge in [0.15, 0.2) is 11.5 Å². The van der Waals surface area contributed by atoms with E-state index in [9.17, 15) is 9.18 Å². The van der Waals surface area contributed by atoms with Crippen LogP contribution in [0, 0.1) is 5.82 Å². The minimum atomic E-state index is -0.311. The molecule has 0 aliphatic carbocycles. The predicted molar refractivity (Wildman–Crippen MR) is 120 cm³/mol. The number of ether oxygens (including phenoxy) is 2. The Kier molecular flexibility index (Phi) is 6.28. The zero-order valence-corrected chi connectivity index (χ0v) is 18.2. The van der Waals surface area contributed by atoms with Crippen LogP contribution in [0.2, 0.25) is 0 Å². The first kappa shape index (κ1) is 21.0. The fourth-order valence-corrected chi connectivity index (χ4v) is 4.61. The summed E-state index contributed by atoms with van der Waals surface area (Å²) in [4.78, 5) is 21.1. The molecule has 0 unspecified atom stereocenters. The average molecular weight is 457 g/mol. The molecular weight excluding hydrogens is 439 g/mol. The van der Waals surface area contributed by atoms with Gasteiger partial charge in [0.05, 0.1) is 20.0 Å². The summed E-state index contributed by atoms with van der Waals surface area (Å²) in [5, 5.41) is 3.50. The number of halogens is 1. The number of anilines is 1. The second kappa shape index (κ2) is 9.27. The molecule has 4 aromatic rings. The van der Waals surface area contributed by atoms with Gasteiger partial charge in [-0.25, -0.2) is 14.4 Å². The molecule has 1 amide bonds. The Morgan fingerprint density at radius 1 is 1.10 bits per heavy atom. The smallest absolute Gasteiger partial charge is 0.234 e. The Morgan fingerprint density at radius 3 is 2.61 bits per heavy atom. The van der Waals surface area contributed by atoms with Crippen LogP contribution in [-0.2, 0) is 4.79 Å². The van der Waals surface area contributed by atoms with Gasteiger partial charge in [0.1, 0.15) is 33.1 Å². The van der Waals surface area contributed by atoms with Crippen LogP contribution >= 0.6 is 23.3 Å². The Bertz CT molecular complexity index is 1230. The van der Waals surface area contributed by atoms with E-state index < -0.39 is 0 Å². The topological polar surface area (TPSA) is 86.2 Å². The molecule has 0 aliphatic rings. The molecule has 0 saturated carbocycles. The molecule has 10 heteroatoms. The number of hydrogen-bond acceptors (Lipinski definition) is 8. The largest absolute Gasteiger partial charge is 0.493 e. The molecule has 0 radical (unpaired) electrons. The number of nitrogens with one attached hydrogen (secondary N) is 1. The monoisotopic (exact) mass is 456 g/mol. The molecule has 0 saturated heterocycles. The molecule has 2 heterocycles. The number of benzene rings is 2. The van der Waals surface area contributed by atoms with Gasteiger partial charge in [0.2, 0.25) is 5.91 Å². The number of hydrogen-bond donors (Lipinski definition) is 1. The Morgan fingerprint density at radius 2 is 1.87 bits per heavy atom. The summed E-state index contributed by atoms with van der Waals surface area (Å²) in [6.45, 7) is 0. The average Bonchev–Trinajstić information content (AvgIpc) is 3.23. The number of carbonyl (C=O) groups is 1. The number of fused-ring (bicyclic) bond motifs is 1. The van der Waals surface area contributed by atoms with Gasteiger partial charge >= 0.3 is 0 Å². The summed E-state index contributed by atoms with van der Waals surface area (Å²) in [7, 11) is 3.09. The lowest BCUT2D eigenvalue weighted by Crippen LogP contribution is -2.14. The molecule has 0 bridgehead atoms. The zero-order chi connectivity index (χ0) is 21.8. The van der Waals surface area contributed by atoms with Crippen molar-refractivity contribution >= 4 is 45.1 Å². The molecule has 0 aliphatic heterocycles. The number of thioether (sulfide) groups is 1. The second-order valence-corrected chi connectivity index (χ2v) is 8.04. The third-order valence-corrected chi connectivity index (χ3v) is 6.31. The summed E-state index contributed by atoms with van der Waals surface area (Å²) in [6, 6.07) is 11.3. The van der Waals surface area contributed by atoms with Crippen LogP contribution in [0.1, 0.15) is 0 Å². The number of nitrogens with zero attached hydrogens (tertiary/aromatic N) is 3. The van der Waals surface area contributed by atoms with E-state index in [0.29, 0.717) is 33.4 Å². The molecule has 31 heavy (non-hydrogen) atoms. The van der Waals surface area contributed by atoms with Crippen LogP contribution in [0.5, 0.6) is 11.5 Å². The van der Waals surface area contributed by atoms with Gasteiger partial charge in [0, 0.05) is 17.3 Å². The van der Waals surface area contributed by atoms with Crippen LogP contribution in [0.25, 0.3) is 21.5 Å². The van der Waals surface area contributed by atoms with Gasteiger partial charge in [-0.3, -0.25) is 4.79 Å². The maximum atomic E-state index is 13.2. The van der Waals surface area contributed by atoms with Crippen LogP contribution in [0.3, 0.4) is 0 Å². The van der Waals surface area contributed by atoms with Gasteiger partial charge in [-0.1, -0.05) is 11.8 Å². The minimum Gasteiger partial charge on any atom is -0.493 e. The van der Waals surface area contributed by atoms with Crippen LogP contribution in [0.4, 0.5) is 10.1 Å². The fourth-order valence-electron chi connectivity index (χ4n) is 2.89. The van der Waals surface area contributed by atoms with E-state index >= 15 is 0 Å². The van der Waals surface area contributed by atoms with Gasteiger partial charge in [0.25, 0.3) is 0 Å². The number of amides is 1. The minimum absolute atomic E-state index is 0.157.